The molecule has 1 fully saturated rings. The fourth-order valence-corrected chi connectivity index (χ4v) is 3.14. The van der Waals surface area contributed by atoms with Gasteiger partial charge in [0.2, 0.25) is 5.09 Å². The molecule has 2 heterocycles. The first-order valence-electron chi connectivity index (χ1n) is 7.02. The number of furan rings is 1. The second kappa shape index (κ2) is 7.21. The SMILES string of the molecule is CCNCc1ccc(S(=O)(=O)NCCC2CCCO2)o1. The van der Waals surface area contributed by atoms with Crippen molar-refractivity contribution in [1.29, 1.82) is 0 Å². The van der Waals surface area contributed by atoms with Gasteiger partial charge in [-0.25, -0.2) is 13.1 Å². The van der Waals surface area contributed by atoms with E-state index in [2.05, 4.69) is 10.0 Å². The molecule has 2 rings (SSSR count). The zero-order valence-corrected chi connectivity index (χ0v) is 12.5. The van der Waals surface area contributed by atoms with E-state index in [4.69, 9.17) is 9.15 Å². The van der Waals surface area contributed by atoms with Crippen LogP contribution in [0.25, 0.3) is 0 Å². The lowest BCUT2D eigenvalue weighted by molar-refractivity contribution is 0.105. The van der Waals surface area contributed by atoms with Gasteiger partial charge in [0.1, 0.15) is 5.76 Å². The Labute approximate surface area is 119 Å². The van der Waals surface area contributed by atoms with E-state index in [1.54, 1.807) is 6.07 Å². The zero-order valence-electron chi connectivity index (χ0n) is 11.7. The van der Waals surface area contributed by atoms with Crippen molar-refractivity contribution in [3.63, 3.8) is 0 Å². The Morgan fingerprint density at radius 1 is 1.40 bits per heavy atom. The first-order valence-corrected chi connectivity index (χ1v) is 8.51. The van der Waals surface area contributed by atoms with E-state index < -0.39 is 10.0 Å². The van der Waals surface area contributed by atoms with E-state index in [-0.39, 0.29) is 11.2 Å². The predicted octanol–water partition coefficient (Wildman–Crippen LogP) is 1.24. The van der Waals surface area contributed by atoms with Gasteiger partial charge in [-0.1, -0.05) is 6.92 Å². The summed E-state index contributed by atoms with van der Waals surface area (Å²) < 4.78 is 37.4. The van der Waals surface area contributed by atoms with Gasteiger partial charge >= 0.3 is 0 Å². The Bertz CT molecular complexity index is 506. The van der Waals surface area contributed by atoms with Gasteiger partial charge in [0, 0.05) is 13.2 Å². The van der Waals surface area contributed by atoms with Crippen LogP contribution in [0.2, 0.25) is 0 Å². The van der Waals surface area contributed by atoms with Gasteiger partial charge in [0.15, 0.2) is 0 Å². The molecule has 7 heteroatoms. The molecule has 1 aliphatic rings. The molecule has 1 aliphatic heterocycles. The van der Waals surface area contributed by atoms with Crippen molar-refractivity contribution < 1.29 is 17.6 Å². The summed E-state index contributed by atoms with van der Waals surface area (Å²) in [5.41, 5.74) is 0. The van der Waals surface area contributed by atoms with Crippen molar-refractivity contribution in [3.05, 3.63) is 17.9 Å². The van der Waals surface area contributed by atoms with Crippen LogP contribution >= 0.6 is 0 Å². The minimum atomic E-state index is -3.56. The van der Waals surface area contributed by atoms with E-state index in [1.807, 2.05) is 6.92 Å². The van der Waals surface area contributed by atoms with Crippen LogP contribution in [0.1, 0.15) is 31.9 Å². The van der Waals surface area contributed by atoms with E-state index >= 15 is 0 Å². The number of nitrogens with one attached hydrogen (secondary N) is 2. The first kappa shape index (κ1) is 15.5. The summed E-state index contributed by atoms with van der Waals surface area (Å²) in [6.07, 6.45) is 2.95. The molecule has 20 heavy (non-hydrogen) atoms. The minimum Gasteiger partial charge on any atom is -0.447 e. The van der Waals surface area contributed by atoms with E-state index in [0.717, 1.165) is 26.0 Å². The largest absolute Gasteiger partial charge is 0.447 e. The van der Waals surface area contributed by atoms with Gasteiger partial charge < -0.3 is 14.5 Å². The van der Waals surface area contributed by atoms with E-state index in [0.29, 0.717) is 25.3 Å². The fourth-order valence-electron chi connectivity index (χ4n) is 2.14. The number of sulfonamides is 1. The summed E-state index contributed by atoms with van der Waals surface area (Å²) in [7, 11) is -3.56. The molecule has 1 aromatic rings. The first-order chi connectivity index (χ1) is 9.62. The summed E-state index contributed by atoms with van der Waals surface area (Å²) >= 11 is 0. The highest BCUT2D eigenvalue weighted by Gasteiger charge is 2.20. The molecule has 2 N–H and O–H groups in total. The molecular weight excluding hydrogens is 280 g/mol. The maximum Gasteiger partial charge on any atom is 0.273 e. The van der Waals surface area contributed by atoms with Crippen molar-refractivity contribution >= 4 is 10.0 Å². The number of rotatable bonds is 8. The summed E-state index contributed by atoms with van der Waals surface area (Å²) in [6.45, 7) is 4.47. The molecule has 1 atom stereocenters. The third-order valence-electron chi connectivity index (χ3n) is 3.23. The number of hydrogen-bond donors (Lipinski definition) is 2. The molecule has 0 aliphatic carbocycles. The van der Waals surface area contributed by atoms with Crippen LogP contribution in [0.3, 0.4) is 0 Å². The lowest BCUT2D eigenvalue weighted by atomic mass is 10.2. The van der Waals surface area contributed by atoms with Crippen LogP contribution in [0, 0.1) is 0 Å². The van der Waals surface area contributed by atoms with Crippen molar-refractivity contribution in [2.75, 3.05) is 19.7 Å². The second-order valence-electron chi connectivity index (χ2n) is 4.82. The van der Waals surface area contributed by atoms with Gasteiger partial charge in [-0.2, -0.15) is 0 Å². The topological polar surface area (TPSA) is 80.6 Å². The second-order valence-corrected chi connectivity index (χ2v) is 6.52. The van der Waals surface area contributed by atoms with Crippen molar-refractivity contribution in [2.45, 2.75) is 43.9 Å². The molecule has 1 unspecified atom stereocenters. The zero-order chi connectivity index (χ0) is 14.4. The van der Waals surface area contributed by atoms with Gasteiger partial charge in [0.05, 0.1) is 12.6 Å². The molecule has 0 aromatic carbocycles. The minimum absolute atomic E-state index is 0.0299. The molecule has 0 radical (unpaired) electrons. The van der Waals surface area contributed by atoms with Gasteiger partial charge in [-0.15, -0.1) is 0 Å². The Balaban J connectivity index is 1.83. The van der Waals surface area contributed by atoms with E-state index in [9.17, 15) is 8.42 Å². The lowest BCUT2D eigenvalue weighted by Crippen LogP contribution is -2.27. The van der Waals surface area contributed by atoms with Crippen LogP contribution in [0.5, 0.6) is 0 Å². The maximum absolute atomic E-state index is 12.0. The standard InChI is InChI=1S/C13H22N2O4S/c1-2-14-10-12-5-6-13(19-12)20(16,17)15-8-7-11-4-3-9-18-11/h5-6,11,14-15H,2-4,7-10H2,1H3. The maximum atomic E-state index is 12.0. The highest BCUT2D eigenvalue weighted by atomic mass is 32.2. The van der Waals surface area contributed by atoms with Crippen LogP contribution in [0.4, 0.5) is 0 Å². The molecule has 0 saturated carbocycles. The normalized spacial score (nSPS) is 19.6. The molecule has 0 spiro atoms. The number of hydrogen-bond acceptors (Lipinski definition) is 5. The molecule has 1 aromatic heterocycles. The highest BCUT2D eigenvalue weighted by molar-refractivity contribution is 7.89. The highest BCUT2D eigenvalue weighted by Crippen LogP contribution is 2.16. The smallest absolute Gasteiger partial charge is 0.273 e. The predicted molar refractivity (Wildman–Crippen MR) is 74.9 cm³/mol. The summed E-state index contributed by atoms with van der Waals surface area (Å²) in [5.74, 6) is 0.617. The monoisotopic (exact) mass is 302 g/mol. The van der Waals surface area contributed by atoms with Gasteiger partial charge in [-0.05, 0) is 37.9 Å². The van der Waals surface area contributed by atoms with Gasteiger partial charge in [-0.3, -0.25) is 0 Å². The third-order valence-corrected chi connectivity index (χ3v) is 4.57. The number of ether oxygens (including phenoxy) is 1. The molecule has 0 amide bonds. The summed E-state index contributed by atoms with van der Waals surface area (Å²) in [5, 5.41) is 3.05. The van der Waals surface area contributed by atoms with Crippen LogP contribution in [-0.2, 0) is 21.3 Å². The quantitative estimate of drug-likeness (QED) is 0.755. The Morgan fingerprint density at radius 2 is 2.25 bits per heavy atom. The van der Waals surface area contributed by atoms with E-state index in [1.165, 1.54) is 6.07 Å². The summed E-state index contributed by atoms with van der Waals surface area (Å²) in [4.78, 5) is 0. The Hall–Kier alpha value is -0.890. The van der Waals surface area contributed by atoms with Crippen molar-refractivity contribution in [3.8, 4) is 0 Å². The third kappa shape index (κ3) is 4.31. The van der Waals surface area contributed by atoms with Crippen LogP contribution < -0.4 is 10.0 Å². The fraction of sp³-hybridized carbons (Fsp3) is 0.692. The Morgan fingerprint density at radius 3 is 2.95 bits per heavy atom. The van der Waals surface area contributed by atoms with Crippen molar-refractivity contribution in [2.24, 2.45) is 0 Å². The van der Waals surface area contributed by atoms with Crippen LogP contribution in [0.15, 0.2) is 21.6 Å². The molecular formula is C13H22N2O4S. The molecule has 0 bridgehead atoms. The molecule has 6 nitrogen and oxygen atoms in total. The van der Waals surface area contributed by atoms with Crippen molar-refractivity contribution in [1.82, 2.24) is 10.0 Å². The lowest BCUT2D eigenvalue weighted by Gasteiger charge is -2.09. The summed E-state index contributed by atoms with van der Waals surface area (Å²) in [6, 6.07) is 3.17. The average Bonchev–Trinajstić information content (AvgIpc) is 3.07. The Kier molecular flexibility index (Phi) is 5.59. The van der Waals surface area contributed by atoms with Crippen LogP contribution in [-0.4, -0.2) is 34.2 Å². The van der Waals surface area contributed by atoms with Gasteiger partial charge in [0.25, 0.3) is 10.0 Å². The molecule has 114 valence electrons. The molecule has 1 saturated heterocycles. The average molecular weight is 302 g/mol.